The Kier molecular flexibility index (Phi) is 9.21. The Morgan fingerprint density at radius 2 is 2.38 bits per heavy atom. The van der Waals surface area contributed by atoms with Gasteiger partial charge in [-0.15, -0.1) is 35.3 Å². The number of likely N-dealkylation sites (N-methyl/N-ethyl adjacent to an activating group) is 1. The highest BCUT2D eigenvalue weighted by molar-refractivity contribution is 14.0. The highest BCUT2D eigenvalue weighted by atomic mass is 127. The second kappa shape index (κ2) is 10.4. The smallest absolute Gasteiger partial charge is 0.193 e. The zero-order chi connectivity index (χ0) is 14.2. The number of hydrogen-bond acceptors (Lipinski definition) is 4. The third kappa shape index (κ3) is 6.50. The van der Waals surface area contributed by atoms with Gasteiger partial charge in [-0.2, -0.15) is 0 Å². The zero-order valence-electron chi connectivity index (χ0n) is 12.6. The molecule has 1 aromatic heterocycles. The molecule has 1 aromatic rings. The number of thiophene rings is 1. The van der Waals surface area contributed by atoms with E-state index >= 15 is 0 Å². The van der Waals surface area contributed by atoms with Crippen LogP contribution >= 0.6 is 35.3 Å². The Balaban J connectivity index is 0.00000220. The monoisotopic (exact) mass is 425 g/mol. The molecule has 0 aliphatic carbocycles. The fourth-order valence-corrected chi connectivity index (χ4v) is 2.78. The summed E-state index contributed by atoms with van der Waals surface area (Å²) < 4.78 is 11.0. The lowest BCUT2D eigenvalue weighted by atomic mass is 10.3. The van der Waals surface area contributed by atoms with Gasteiger partial charge in [0.1, 0.15) is 0 Å². The molecule has 120 valence electrons. The quantitative estimate of drug-likeness (QED) is 0.444. The van der Waals surface area contributed by atoms with E-state index in [9.17, 15) is 0 Å². The lowest BCUT2D eigenvalue weighted by Crippen LogP contribution is -2.45. The molecule has 1 atom stereocenters. The molecule has 1 unspecified atom stereocenters. The molecule has 0 amide bonds. The number of ether oxygens (including phenoxy) is 2. The molecular formula is C14H24IN3O2S. The average Bonchev–Trinajstić information content (AvgIpc) is 3.00. The summed E-state index contributed by atoms with van der Waals surface area (Å²) >= 11 is 1.80. The minimum absolute atomic E-state index is 0. The number of nitrogens with one attached hydrogen (secondary N) is 1. The van der Waals surface area contributed by atoms with Gasteiger partial charge in [0.25, 0.3) is 0 Å². The Morgan fingerprint density at radius 3 is 3.00 bits per heavy atom. The fourth-order valence-electron chi connectivity index (χ4n) is 2.08. The Bertz CT molecular complexity index is 408. The van der Waals surface area contributed by atoms with Crippen LogP contribution in [-0.4, -0.2) is 64.0 Å². The van der Waals surface area contributed by atoms with Gasteiger partial charge >= 0.3 is 0 Å². The molecule has 7 heteroatoms. The van der Waals surface area contributed by atoms with Crippen LogP contribution in [0.4, 0.5) is 0 Å². The van der Waals surface area contributed by atoms with Crippen molar-refractivity contribution in [2.45, 2.75) is 12.5 Å². The largest absolute Gasteiger partial charge is 0.376 e. The van der Waals surface area contributed by atoms with E-state index in [4.69, 9.17) is 9.47 Å². The molecule has 0 aromatic carbocycles. The van der Waals surface area contributed by atoms with Crippen LogP contribution in [0.5, 0.6) is 0 Å². The third-order valence-corrected chi connectivity index (χ3v) is 4.16. The first kappa shape index (κ1) is 18.7. The van der Waals surface area contributed by atoms with Gasteiger partial charge in [0.05, 0.1) is 25.9 Å². The van der Waals surface area contributed by atoms with Crippen LogP contribution in [0.1, 0.15) is 4.88 Å². The molecule has 0 radical (unpaired) electrons. The van der Waals surface area contributed by atoms with E-state index in [-0.39, 0.29) is 30.1 Å². The maximum atomic E-state index is 5.61. The molecule has 1 fully saturated rings. The number of nitrogens with zero attached hydrogens (tertiary/aromatic N) is 2. The van der Waals surface area contributed by atoms with Gasteiger partial charge < -0.3 is 19.7 Å². The van der Waals surface area contributed by atoms with Crippen LogP contribution in [0.15, 0.2) is 22.5 Å². The van der Waals surface area contributed by atoms with E-state index in [1.54, 1.807) is 11.3 Å². The van der Waals surface area contributed by atoms with Gasteiger partial charge in [0.2, 0.25) is 0 Å². The molecule has 1 aliphatic heterocycles. The third-order valence-electron chi connectivity index (χ3n) is 3.22. The number of halogens is 1. The van der Waals surface area contributed by atoms with Gasteiger partial charge in [-0.05, 0) is 17.9 Å². The van der Waals surface area contributed by atoms with Crippen molar-refractivity contribution in [1.29, 1.82) is 0 Å². The van der Waals surface area contributed by atoms with Crippen molar-refractivity contribution in [3.8, 4) is 0 Å². The van der Waals surface area contributed by atoms with E-state index in [1.165, 1.54) is 4.88 Å². The second-order valence-corrected chi connectivity index (χ2v) is 5.78. The Hall–Kier alpha value is -0.380. The van der Waals surface area contributed by atoms with E-state index in [0.717, 1.165) is 25.5 Å². The Morgan fingerprint density at radius 1 is 1.52 bits per heavy atom. The predicted molar refractivity (Wildman–Crippen MR) is 98.0 cm³/mol. The number of aliphatic imine (C=N–C) groups is 1. The topological polar surface area (TPSA) is 46.1 Å². The van der Waals surface area contributed by atoms with Gasteiger partial charge in [-0.3, -0.25) is 4.99 Å². The first-order valence-electron chi connectivity index (χ1n) is 6.93. The highest BCUT2D eigenvalue weighted by Gasteiger charge is 2.15. The molecule has 5 nitrogen and oxygen atoms in total. The molecule has 21 heavy (non-hydrogen) atoms. The lowest BCUT2D eigenvalue weighted by molar-refractivity contribution is -0.0851. The van der Waals surface area contributed by atoms with Crippen LogP contribution in [0.3, 0.4) is 0 Å². The molecule has 0 bridgehead atoms. The van der Waals surface area contributed by atoms with Gasteiger partial charge in [-0.25, -0.2) is 0 Å². The molecule has 1 saturated heterocycles. The number of hydrogen-bond donors (Lipinski definition) is 1. The van der Waals surface area contributed by atoms with Crippen molar-refractivity contribution in [2.24, 2.45) is 4.99 Å². The van der Waals surface area contributed by atoms with Crippen molar-refractivity contribution >= 4 is 41.3 Å². The van der Waals surface area contributed by atoms with Crippen molar-refractivity contribution in [1.82, 2.24) is 10.2 Å². The minimum atomic E-state index is 0. The molecular weight excluding hydrogens is 401 g/mol. The van der Waals surface area contributed by atoms with E-state index in [2.05, 4.69) is 39.8 Å². The van der Waals surface area contributed by atoms with Crippen molar-refractivity contribution in [3.63, 3.8) is 0 Å². The average molecular weight is 425 g/mol. The number of rotatable bonds is 5. The first-order valence-corrected chi connectivity index (χ1v) is 7.81. The highest BCUT2D eigenvalue weighted by Crippen LogP contribution is 2.09. The fraction of sp³-hybridized carbons (Fsp3) is 0.643. The van der Waals surface area contributed by atoms with E-state index in [0.29, 0.717) is 19.8 Å². The molecule has 0 saturated carbocycles. The van der Waals surface area contributed by atoms with E-state index in [1.807, 2.05) is 7.05 Å². The summed E-state index contributed by atoms with van der Waals surface area (Å²) in [4.78, 5) is 7.85. The summed E-state index contributed by atoms with van der Waals surface area (Å²) in [5.74, 6) is 0.899. The summed E-state index contributed by atoms with van der Waals surface area (Å²) in [6, 6.07) is 4.26. The second-order valence-electron chi connectivity index (χ2n) is 4.75. The molecule has 1 aliphatic rings. The molecule has 2 rings (SSSR count). The predicted octanol–water partition coefficient (Wildman–Crippen LogP) is 1.83. The molecule has 1 N–H and O–H groups in total. The first-order chi connectivity index (χ1) is 9.79. The van der Waals surface area contributed by atoms with Crippen LogP contribution in [0, 0.1) is 0 Å². The van der Waals surface area contributed by atoms with Crippen LogP contribution < -0.4 is 5.32 Å². The van der Waals surface area contributed by atoms with Crippen molar-refractivity contribution < 1.29 is 9.47 Å². The maximum Gasteiger partial charge on any atom is 0.193 e. The van der Waals surface area contributed by atoms with Gasteiger partial charge in [0, 0.05) is 32.1 Å². The summed E-state index contributed by atoms with van der Waals surface area (Å²) in [6.07, 6.45) is 1.16. The number of guanidine groups is 1. The van der Waals surface area contributed by atoms with Gasteiger partial charge in [0.15, 0.2) is 5.96 Å². The molecule has 0 spiro atoms. The summed E-state index contributed by atoms with van der Waals surface area (Å²) in [7, 11) is 3.86. The summed E-state index contributed by atoms with van der Waals surface area (Å²) in [5.41, 5.74) is 0. The van der Waals surface area contributed by atoms with Crippen LogP contribution in [-0.2, 0) is 15.9 Å². The maximum absolute atomic E-state index is 5.61. The Labute approximate surface area is 147 Å². The summed E-state index contributed by atoms with van der Waals surface area (Å²) in [5, 5.41) is 5.46. The normalized spacial score (nSPS) is 19.0. The summed E-state index contributed by atoms with van der Waals surface area (Å²) in [6.45, 7) is 3.71. The lowest BCUT2D eigenvalue weighted by Gasteiger charge is -2.26. The van der Waals surface area contributed by atoms with Crippen LogP contribution in [0.25, 0.3) is 0 Å². The minimum Gasteiger partial charge on any atom is -0.376 e. The standard InChI is InChI=1S/C14H23N3O2S.HI/c1-15-14(16-10-12-11-18-7-8-19-12)17(2)6-5-13-4-3-9-20-13;/h3-4,9,12H,5-8,10-11H2,1-2H3,(H,15,16);1H. The van der Waals surface area contributed by atoms with Crippen molar-refractivity contribution in [2.75, 3.05) is 47.0 Å². The SMILES string of the molecule is CN=C(NCC1COCCO1)N(C)CCc1cccs1.I. The van der Waals surface area contributed by atoms with Crippen molar-refractivity contribution in [3.05, 3.63) is 22.4 Å². The molecule has 2 heterocycles. The van der Waals surface area contributed by atoms with E-state index < -0.39 is 0 Å². The van der Waals surface area contributed by atoms with Crippen LogP contribution in [0.2, 0.25) is 0 Å². The van der Waals surface area contributed by atoms with Gasteiger partial charge in [-0.1, -0.05) is 6.07 Å². The zero-order valence-corrected chi connectivity index (χ0v) is 15.7.